The van der Waals surface area contributed by atoms with Gasteiger partial charge in [0.2, 0.25) is 11.8 Å². The number of carbonyl (C=O) groups excluding carboxylic acids is 2. The number of nitrogens with zero attached hydrogens (tertiary/aromatic N) is 4. The summed E-state index contributed by atoms with van der Waals surface area (Å²) in [5.41, 5.74) is -0.108. The molecule has 10 heteroatoms. The molecule has 0 saturated carbocycles. The van der Waals surface area contributed by atoms with Crippen LogP contribution in [0.15, 0.2) is 18.2 Å². The number of piperazine rings is 1. The maximum Gasteiger partial charge on any atom is 0.294 e. The average molecular weight is 412 g/mol. The summed E-state index contributed by atoms with van der Waals surface area (Å²) in [6.45, 7) is 8.55. The van der Waals surface area contributed by atoms with E-state index < -0.39 is 4.92 Å². The highest BCUT2D eigenvalue weighted by molar-refractivity contribution is 6.31. The van der Waals surface area contributed by atoms with E-state index in [2.05, 4.69) is 10.2 Å². The van der Waals surface area contributed by atoms with Gasteiger partial charge >= 0.3 is 0 Å². The molecule has 0 unspecified atom stereocenters. The number of hydrogen-bond acceptors (Lipinski definition) is 6. The molecule has 1 fully saturated rings. The molecule has 1 aromatic carbocycles. The molecule has 0 atom stereocenters. The topological polar surface area (TPSA) is 99.0 Å². The number of amides is 2. The zero-order chi connectivity index (χ0) is 20.7. The number of nitrogens with one attached hydrogen (secondary N) is 1. The van der Waals surface area contributed by atoms with Crippen molar-refractivity contribution in [3.63, 3.8) is 0 Å². The standard InChI is InChI=1S/C18H26ClN5O4/c1-3-23(4-2)18(26)13-22-9-7-21(8-10-22)12-17(25)20-15-6-5-14(19)11-16(15)24(27)28/h5-6,11H,3-4,7-10,12-13H2,1-2H3,(H,20,25). The number of hydrogen-bond donors (Lipinski definition) is 1. The highest BCUT2D eigenvalue weighted by Gasteiger charge is 2.23. The first-order valence-corrected chi connectivity index (χ1v) is 9.68. The summed E-state index contributed by atoms with van der Waals surface area (Å²) < 4.78 is 0. The van der Waals surface area contributed by atoms with Crippen molar-refractivity contribution in [3.8, 4) is 0 Å². The Bertz CT molecular complexity index is 718. The van der Waals surface area contributed by atoms with E-state index in [0.717, 1.165) is 0 Å². The van der Waals surface area contributed by atoms with Crippen LogP contribution in [0, 0.1) is 10.1 Å². The maximum absolute atomic E-state index is 12.3. The van der Waals surface area contributed by atoms with Crippen LogP contribution in [-0.2, 0) is 9.59 Å². The summed E-state index contributed by atoms with van der Waals surface area (Å²) in [6.07, 6.45) is 0. The summed E-state index contributed by atoms with van der Waals surface area (Å²) >= 11 is 5.78. The fourth-order valence-electron chi connectivity index (χ4n) is 3.13. The quantitative estimate of drug-likeness (QED) is 0.516. The predicted octanol–water partition coefficient (Wildman–Crippen LogP) is 1.67. The Kier molecular flexibility index (Phi) is 8.16. The maximum atomic E-state index is 12.3. The van der Waals surface area contributed by atoms with Crippen LogP contribution in [0.4, 0.5) is 11.4 Å². The van der Waals surface area contributed by atoms with E-state index >= 15 is 0 Å². The van der Waals surface area contributed by atoms with Gasteiger partial charge in [-0.1, -0.05) is 11.6 Å². The molecule has 0 radical (unpaired) electrons. The monoisotopic (exact) mass is 411 g/mol. The van der Waals surface area contributed by atoms with Gasteiger partial charge in [-0.2, -0.15) is 0 Å². The van der Waals surface area contributed by atoms with Crippen molar-refractivity contribution in [2.24, 2.45) is 0 Å². The van der Waals surface area contributed by atoms with Crippen LogP contribution < -0.4 is 5.32 Å². The Morgan fingerprint density at radius 3 is 2.25 bits per heavy atom. The van der Waals surface area contributed by atoms with Crippen molar-refractivity contribution >= 4 is 34.8 Å². The smallest absolute Gasteiger partial charge is 0.294 e. The summed E-state index contributed by atoms with van der Waals surface area (Å²) in [5.74, 6) is -0.204. The molecule has 154 valence electrons. The lowest BCUT2D eigenvalue weighted by atomic mass is 10.2. The number of likely N-dealkylation sites (N-methyl/N-ethyl adjacent to an activating group) is 1. The minimum atomic E-state index is -0.576. The van der Waals surface area contributed by atoms with E-state index in [-0.39, 0.29) is 34.8 Å². The van der Waals surface area contributed by atoms with Crippen LogP contribution >= 0.6 is 11.6 Å². The van der Waals surface area contributed by atoms with Crippen LogP contribution in [0.1, 0.15) is 13.8 Å². The zero-order valence-corrected chi connectivity index (χ0v) is 16.9. The van der Waals surface area contributed by atoms with Crippen molar-refractivity contribution in [1.29, 1.82) is 0 Å². The fraction of sp³-hybridized carbons (Fsp3) is 0.556. The molecule has 1 saturated heterocycles. The number of nitro groups is 1. The van der Waals surface area contributed by atoms with E-state index in [1.165, 1.54) is 18.2 Å². The summed E-state index contributed by atoms with van der Waals surface area (Å²) in [7, 11) is 0. The van der Waals surface area contributed by atoms with E-state index in [4.69, 9.17) is 11.6 Å². The highest BCUT2D eigenvalue weighted by Crippen LogP contribution is 2.27. The average Bonchev–Trinajstić information content (AvgIpc) is 2.65. The first-order chi connectivity index (χ1) is 13.3. The van der Waals surface area contributed by atoms with Gasteiger partial charge in [-0.15, -0.1) is 0 Å². The van der Waals surface area contributed by atoms with Gasteiger partial charge in [0.25, 0.3) is 5.69 Å². The number of anilines is 1. The van der Waals surface area contributed by atoms with Crippen LogP contribution in [0.2, 0.25) is 5.02 Å². The second-order valence-corrected chi connectivity index (χ2v) is 7.02. The molecule has 0 spiro atoms. The van der Waals surface area contributed by atoms with Crippen molar-refractivity contribution in [3.05, 3.63) is 33.3 Å². The number of benzene rings is 1. The Morgan fingerprint density at radius 2 is 1.71 bits per heavy atom. The molecular formula is C18H26ClN5O4. The third-order valence-electron chi connectivity index (χ3n) is 4.74. The third kappa shape index (κ3) is 6.15. The molecular weight excluding hydrogens is 386 g/mol. The molecule has 1 heterocycles. The lowest BCUT2D eigenvalue weighted by molar-refractivity contribution is -0.383. The van der Waals surface area contributed by atoms with Gasteiger partial charge in [0, 0.05) is 50.4 Å². The fourth-order valence-corrected chi connectivity index (χ4v) is 3.29. The Morgan fingerprint density at radius 1 is 1.14 bits per heavy atom. The van der Waals surface area contributed by atoms with Gasteiger partial charge in [0.15, 0.2) is 0 Å². The van der Waals surface area contributed by atoms with Crippen LogP contribution in [0.5, 0.6) is 0 Å². The summed E-state index contributed by atoms with van der Waals surface area (Å²) in [4.78, 5) is 40.9. The highest BCUT2D eigenvalue weighted by atomic mass is 35.5. The molecule has 2 rings (SSSR count). The van der Waals surface area contributed by atoms with Crippen molar-refractivity contribution in [2.45, 2.75) is 13.8 Å². The van der Waals surface area contributed by atoms with Gasteiger partial charge in [0.1, 0.15) is 5.69 Å². The van der Waals surface area contributed by atoms with Gasteiger partial charge in [-0.25, -0.2) is 0 Å². The first-order valence-electron chi connectivity index (χ1n) is 9.30. The van der Waals surface area contributed by atoms with Crippen LogP contribution in [-0.4, -0.2) is 83.8 Å². The van der Waals surface area contributed by atoms with Crippen molar-refractivity contribution < 1.29 is 14.5 Å². The third-order valence-corrected chi connectivity index (χ3v) is 4.97. The molecule has 2 amide bonds. The van der Waals surface area contributed by atoms with Gasteiger partial charge < -0.3 is 10.2 Å². The molecule has 1 aromatic rings. The lowest BCUT2D eigenvalue weighted by Gasteiger charge is -2.34. The number of halogens is 1. The van der Waals surface area contributed by atoms with E-state index in [1.807, 2.05) is 18.7 Å². The molecule has 1 N–H and O–H groups in total. The zero-order valence-electron chi connectivity index (χ0n) is 16.2. The molecule has 28 heavy (non-hydrogen) atoms. The number of carbonyl (C=O) groups is 2. The second kappa shape index (κ2) is 10.4. The van der Waals surface area contributed by atoms with Crippen molar-refractivity contribution in [1.82, 2.24) is 14.7 Å². The minimum absolute atomic E-state index is 0.117. The van der Waals surface area contributed by atoms with Gasteiger partial charge in [0.05, 0.1) is 18.0 Å². The normalized spacial score (nSPS) is 15.2. The van der Waals surface area contributed by atoms with Gasteiger partial charge in [-0.3, -0.25) is 29.5 Å². The van der Waals surface area contributed by atoms with E-state index in [9.17, 15) is 19.7 Å². The van der Waals surface area contributed by atoms with E-state index in [0.29, 0.717) is 45.8 Å². The molecule has 0 aliphatic carbocycles. The lowest BCUT2D eigenvalue weighted by Crippen LogP contribution is -2.51. The Labute approximate surface area is 169 Å². The number of rotatable bonds is 8. The van der Waals surface area contributed by atoms with Crippen LogP contribution in [0.3, 0.4) is 0 Å². The SMILES string of the molecule is CCN(CC)C(=O)CN1CCN(CC(=O)Nc2ccc(Cl)cc2[N+](=O)[O-])CC1. The second-order valence-electron chi connectivity index (χ2n) is 6.59. The Hall–Kier alpha value is -2.23. The van der Waals surface area contributed by atoms with Crippen molar-refractivity contribution in [2.75, 3.05) is 57.7 Å². The summed E-state index contributed by atoms with van der Waals surface area (Å²) in [5, 5.41) is 13.9. The molecule has 1 aliphatic heterocycles. The van der Waals surface area contributed by atoms with Gasteiger partial charge in [-0.05, 0) is 26.0 Å². The molecule has 0 aromatic heterocycles. The first kappa shape index (κ1) is 22.1. The molecule has 1 aliphatic rings. The minimum Gasteiger partial charge on any atom is -0.342 e. The van der Waals surface area contributed by atoms with E-state index in [1.54, 1.807) is 4.90 Å². The van der Waals surface area contributed by atoms with Crippen LogP contribution in [0.25, 0.3) is 0 Å². The summed E-state index contributed by atoms with van der Waals surface area (Å²) in [6, 6.07) is 4.13. The molecule has 9 nitrogen and oxygen atoms in total. The predicted molar refractivity (Wildman–Crippen MR) is 108 cm³/mol. The molecule has 0 bridgehead atoms. The largest absolute Gasteiger partial charge is 0.342 e. The number of nitro benzene ring substituents is 1. The Balaban J connectivity index is 1.83.